The zero-order valence-corrected chi connectivity index (χ0v) is 13.7. The average molecular weight is 308 g/mol. The lowest BCUT2D eigenvalue weighted by Crippen LogP contribution is -2.39. The number of hydrogen-bond donors (Lipinski definition) is 0. The predicted molar refractivity (Wildman–Crippen MR) is 84.6 cm³/mol. The summed E-state index contributed by atoms with van der Waals surface area (Å²) in [4.78, 5) is 0. The molecule has 0 spiro atoms. The molecule has 0 bridgehead atoms. The van der Waals surface area contributed by atoms with Crippen molar-refractivity contribution in [2.24, 2.45) is 0 Å². The van der Waals surface area contributed by atoms with E-state index in [4.69, 9.17) is 0 Å². The first-order valence-electron chi connectivity index (χ1n) is 6.88. The third kappa shape index (κ3) is 3.38. The summed E-state index contributed by atoms with van der Waals surface area (Å²) in [6, 6.07) is 11.5. The molecule has 112 valence electrons. The topological polar surface area (TPSA) is 0 Å². The summed E-state index contributed by atoms with van der Waals surface area (Å²) in [6.07, 6.45) is -4.28. The number of halogens is 3. The normalized spacial score (nSPS) is 12.5. The highest BCUT2D eigenvalue weighted by atomic mass is 28.3. The van der Waals surface area contributed by atoms with Gasteiger partial charge in [-0.1, -0.05) is 55.2 Å². The third-order valence-corrected chi connectivity index (χ3v) is 5.82. The van der Waals surface area contributed by atoms with E-state index in [9.17, 15) is 13.2 Å². The third-order valence-electron chi connectivity index (χ3n) is 3.67. The summed E-state index contributed by atoms with van der Waals surface area (Å²) in [5.41, 5.74) is 2.42. The Balaban J connectivity index is 2.48. The fourth-order valence-electron chi connectivity index (χ4n) is 2.60. The van der Waals surface area contributed by atoms with Crippen LogP contribution < -0.4 is 5.19 Å². The van der Waals surface area contributed by atoms with Crippen LogP contribution >= 0.6 is 0 Å². The van der Waals surface area contributed by atoms with Crippen LogP contribution in [-0.2, 0) is 6.18 Å². The van der Waals surface area contributed by atoms with Gasteiger partial charge in [-0.15, -0.1) is 0 Å². The summed E-state index contributed by atoms with van der Waals surface area (Å²) in [5, 5.41) is 1.35. The van der Waals surface area contributed by atoms with E-state index in [-0.39, 0.29) is 0 Å². The summed E-state index contributed by atoms with van der Waals surface area (Å²) >= 11 is 0. The first-order chi connectivity index (χ1) is 9.60. The maximum atomic E-state index is 12.6. The highest BCUT2D eigenvalue weighted by Gasteiger charge is 2.30. The van der Waals surface area contributed by atoms with Crippen LogP contribution in [0.2, 0.25) is 19.6 Å². The maximum Gasteiger partial charge on any atom is 0.416 e. The second kappa shape index (κ2) is 5.33. The molecule has 0 atom stereocenters. The first-order valence-corrected chi connectivity index (χ1v) is 10.4. The average Bonchev–Trinajstić information content (AvgIpc) is 2.37. The molecule has 21 heavy (non-hydrogen) atoms. The van der Waals surface area contributed by atoms with Gasteiger partial charge in [0.2, 0.25) is 0 Å². The van der Waals surface area contributed by atoms with Crippen molar-refractivity contribution in [1.29, 1.82) is 0 Å². The molecule has 0 aliphatic heterocycles. The Morgan fingerprint density at radius 1 is 0.857 bits per heavy atom. The molecule has 2 aromatic carbocycles. The van der Waals surface area contributed by atoms with Crippen LogP contribution in [0.4, 0.5) is 13.2 Å². The van der Waals surface area contributed by atoms with Crippen LogP contribution in [-0.4, -0.2) is 8.07 Å². The van der Waals surface area contributed by atoms with Crippen molar-refractivity contribution < 1.29 is 13.2 Å². The van der Waals surface area contributed by atoms with Crippen molar-refractivity contribution in [2.75, 3.05) is 0 Å². The van der Waals surface area contributed by atoms with E-state index in [1.165, 1.54) is 10.8 Å². The molecule has 0 radical (unpaired) electrons. The summed E-state index contributed by atoms with van der Waals surface area (Å²) < 4.78 is 37.9. The van der Waals surface area contributed by atoms with Gasteiger partial charge in [0.1, 0.15) is 0 Å². The lowest BCUT2D eigenvalue weighted by molar-refractivity contribution is -0.137. The van der Waals surface area contributed by atoms with Gasteiger partial charge in [-0.2, -0.15) is 13.2 Å². The molecular formula is C17H19F3Si. The molecule has 0 aliphatic carbocycles. The second-order valence-corrected chi connectivity index (χ2v) is 11.3. The number of benzene rings is 2. The van der Waals surface area contributed by atoms with Crippen LogP contribution in [0.5, 0.6) is 0 Å². The van der Waals surface area contributed by atoms with Gasteiger partial charge in [0, 0.05) is 0 Å². The Bertz CT molecular complexity index is 635. The van der Waals surface area contributed by atoms with Gasteiger partial charge in [0.25, 0.3) is 0 Å². The lowest BCUT2D eigenvalue weighted by atomic mass is 9.99. The van der Waals surface area contributed by atoms with Crippen molar-refractivity contribution in [2.45, 2.75) is 32.7 Å². The monoisotopic (exact) mass is 308 g/mol. The molecule has 0 nitrogen and oxygen atoms in total. The minimum absolute atomic E-state index is 0.606. The SMILES string of the molecule is Cc1c(-c2ccc(C(F)(F)F)cc2)cccc1[Si](C)(C)C. The standard InChI is InChI=1S/C17H19F3Si/c1-12-15(6-5-7-16(12)21(2,3)4)13-8-10-14(11-9-13)17(18,19)20/h5-11H,1-4H3. The van der Waals surface area contributed by atoms with Crippen LogP contribution in [0.15, 0.2) is 42.5 Å². The highest BCUT2D eigenvalue weighted by Crippen LogP contribution is 2.31. The molecule has 0 saturated heterocycles. The van der Waals surface area contributed by atoms with Crippen molar-refractivity contribution in [3.05, 3.63) is 53.6 Å². The molecule has 0 saturated carbocycles. The van der Waals surface area contributed by atoms with E-state index < -0.39 is 19.8 Å². The zero-order valence-electron chi connectivity index (χ0n) is 12.7. The Morgan fingerprint density at radius 3 is 1.90 bits per heavy atom. The van der Waals surface area contributed by atoms with E-state index in [1.54, 1.807) is 12.1 Å². The van der Waals surface area contributed by atoms with Crippen molar-refractivity contribution >= 4 is 13.3 Å². The van der Waals surface area contributed by atoms with E-state index in [0.29, 0.717) is 0 Å². The predicted octanol–water partition coefficient (Wildman–Crippen LogP) is 5.23. The largest absolute Gasteiger partial charge is 0.416 e. The van der Waals surface area contributed by atoms with Crippen LogP contribution in [0.25, 0.3) is 11.1 Å². The first kappa shape index (κ1) is 15.8. The maximum absolute atomic E-state index is 12.6. The van der Waals surface area contributed by atoms with Gasteiger partial charge in [-0.3, -0.25) is 0 Å². The molecule has 0 aromatic heterocycles. The van der Waals surface area contributed by atoms with E-state index in [0.717, 1.165) is 23.3 Å². The van der Waals surface area contributed by atoms with Gasteiger partial charge < -0.3 is 0 Å². The minimum Gasteiger partial charge on any atom is -0.166 e. The summed E-state index contributed by atoms with van der Waals surface area (Å²) in [6.45, 7) is 8.87. The quantitative estimate of drug-likeness (QED) is 0.667. The number of hydrogen-bond acceptors (Lipinski definition) is 0. The Morgan fingerprint density at radius 2 is 1.43 bits per heavy atom. The highest BCUT2D eigenvalue weighted by molar-refractivity contribution is 6.89. The fraction of sp³-hybridized carbons (Fsp3) is 0.294. The molecule has 0 heterocycles. The molecule has 2 aromatic rings. The fourth-order valence-corrected chi connectivity index (χ4v) is 4.46. The molecule has 0 fully saturated rings. The number of alkyl halides is 3. The van der Waals surface area contributed by atoms with Crippen molar-refractivity contribution in [3.8, 4) is 11.1 Å². The van der Waals surface area contributed by atoms with Gasteiger partial charge in [-0.05, 0) is 35.7 Å². The van der Waals surface area contributed by atoms with Crippen LogP contribution in [0.1, 0.15) is 11.1 Å². The summed E-state index contributed by atoms with van der Waals surface area (Å²) in [5.74, 6) is 0. The lowest BCUT2D eigenvalue weighted by Gasteiger charge is -2.21. The van der Waals surface area contributed by atoms with Gasteiger partial charge >= 0.3 is 6.18 Å². The molecule has 0 N–H and O–H groups in total. The van der Waals surface area contributed by atoms with Crippen LogP contribution in [0, 0.1) is 6.92 Å². The molecular weight excluding hydrogens is 289 g/mol. The molecule has 0 unspecified atom stereocenters. The Kier molecular flexibility index (Phi) is 4.02. The molecule has 2 rings (SSSR count). The Hall–Kier alpha value is -1.55. The molecule has 0 amide bonds. The second-order valence-electron chi connectivity index (χ2n) is 6.30. The van der Waals surface area contributed by atoms with Crippen molar-refractivity contribution in [1.82, 2.24) is 0 Å². The van der Waals surface area contributed by atoms with E-state index >= 15 is 0 Å². The van der Waals surface area contributed by atoms with Gasteiger partial charge in [0.15, 0.2) is 0 Å². The Labute approximate surface area is 124 Å². The smallest absolute Gasteiger partial charge is 0.166 e. The minimum atomic E-state index is -4.28. The van der Waals surface area contributed by atoms with Gasteiger partial charge in [0.05, 0.1) is 13.6 Å². The van der Waals surface area contributed by atoms with Gasteiger partial charge in [-0.25, -0.2) is 0 Å². The van der Waals surface area contributed by atoms with E-state index in [2.05, 4.69) is 32.6 Å². The van der Waals surface area contributed by atoms with E-state index in [1.807, 2.05) is 12.1 Å². The zero-order chi connectivity index (χ0) is 15.8. The van der Waals surface area contributed by atoms with Crippen molar-refractivity contribution in [3.63, 3.8) is 0 Å². The summed E-state index contributed by atoms with van der Waals surface area (Å²) in [7, 11) is -1.46. The molecule has 0 aliphatic rings. The molecule has 4 heteroatoms. The number of rotatable bonds is 2. The van der Waals surface area contributed by atoms with Crippen LogP contribution in [0.3, 0.4) is 0 Å².